The van der Waals surface area contributed by atoms with Gasteiger partial charge in [-0.1, -0.05) is 5.21 Å². The fraction of sp³-hybridized carbons (Fsp3) is 0.467. The molecule has 4 atom stereocenters. The molecule has 4 rings (SSSR count). The van der Waals surface area contributed by atoms with Gasteiger partial charge in [0.15, 0.2) is 29.3 Å². The van der Waals surface area contributed by atoms with E-state index < -0.39 is 43.4 Å². The Morgan fingerprint density at radius 1 is 1.33 bits per heavy atom. The first-order valence-electron chi connectivity index (χ1n) is 8.77. The minimum Gasteiger partial charge on any atom is -0.387 e. The van der Waals surface area contributed by atoms with Crippen molar-refractivity contribution < 1.29 is 28.5 Å². The molecule has 4 N–H and O–H groups in total. The summed E-state index contributed by atoms with van der Waals surface area (Å²) in [5, 5.41) is 32.9. The summed E-state index contributed by atoms with van der Waals surface area (Å²) in [5.41, 5.74) is 0.217. The predicted molar refractivity (Wildman–Crippen MR) is 94.7 cm³/mol. The molecule has 0 aliphatic carbocycles. The minimum absolute atomic E-state index is 0.000404. The monoisotopic (exact) mass is 425 g/mol. The predicted octanol–water partition coefficient (Wildman–Crippen LogP) is -1.55. The lowest BCUT2D eigenvalue weighted by atomic mass is 10.1. The third-order valence-electron chi connectivity index (χ3n) is 4.48. The first-order valence-corrected chi connectivity index (χ1v) is 8.77. The van der Waals surface area contributed by atoms with Crippen molar-refractivity contribution in [1.29, 1.82) is 0 Å². The smallest absolute Gasteiger partial charge is 0.256 e. The van der Waals surface area contributed by atoms with Crippen LogP contribution >= 0.6 is 0 Å². The van der Waals surface area contributed by atoms with Gasteiger partial charge in [-0.05, 0) is 0 Å². The molecule has 13 nitrogen and oxygen atoms in total. The van der Waals surface area contributed by atoms with E-state index >= 15 is 0 Å². The number of aromatic nitrogens is 7. The largest absolute Gasteiger partial charge is 0.387 e. The molecule has 1 aliphatic rings. The molecule has 3 aromatic rings. The molecule has 3 aromatic heterocycles. The highest BCUT2D eigenvalue weighted by atomic mass is 19.3. The van der Waals surface area contributed by atoms with Gasteiger partial charge in [-0.25, -0.2) is 13.8 Å². The number of anilines is 1. The lowest BCUT2D eigenvalue weighted by Crippen LogP contribution is -2.41. The number of likely N-dealkylation sites (N-methyl/N-ethyl adjacent to an activating group) is 1. The molecular formula is C15H17F2N9O4. The van der Waals surface area contributed by atoms with E-state index in [2.05, 4.69) is 35.9 Å². The van der Waals surface area contributed by atoms with Crippen LogP contribution in [0.4, 0.5) is 14.6 Å². The zero-order valence-electron chi connectivity index (χ0n) is 15.4. The average Bonchev–Trinajstić information content (AvgIpc) is 3.46. The fourth-order valence-corrected chi connectivity index (χ4v) is 3.05. The third kappa shape index (κ3) is 3.42. The quantitative estimate of drug-likeness (QED) is 0.363. The van der Waals surface area contributed by atoms with Crippen molar-refractivity contribution in [1.82, 2.24) is 39.8 Å². The molecule has 160 valence electrons. The molecule has 0 bridgehead atoms. The number of imidazole rings is 1. The minimum atomic E-state index is -2.64. The molecule has 1 aliphatic heterocycles. The fourth-order valence-electron chi connectivity index (χ4n) is 3.05. The number of rotatable bonds is 6. The first-order chi connectivity index (χ1) is 14.4. The maximum Gasteiger partial charge on any atom is 0.256 e. The van der Waals surface area contributed by atoms with Crippen LogP contribution in [-0.2, 0) is 9.53 Å². The molecule has 15 heteroatoms. The number of nitrogens with one attached hydrogen (secondary N) is 2. The number of fused-ring (bicyclic) bond motifs is 1. The summed E-state index contributed by atoms with van der Waals surface area (Å²) in [6, 6.07) is 0. The highest BCUT2D eigenvalue weighted by Gasteiger charge is 2.47. The van der Waals surface area contributed by atoms with Gasteiger partial charge in [0.05, 0.1) is 25.3 Å². The Morgan fingerprint density at radius 2 is 2.13 bits per heavy atom. The van der Waals surface area contributed by atoms with Crippen LogP contribution in [-0.4, -0.2) is 89.0 Å². The van der Waals surface area contributed by atoms with Crippen molar-refractivity contribution in [2.24, 2.45) is 0 Å². The SMILES string of the molecule is CNC(=O)[C@H]1OC(n2cnc3c(NCC(F)F)nc(-n4ccnn4)nc32)[C@H](O)[C@@H]1O. The molecule has 4 heterocycles. The summed E-state index contributed by atoms with van der Waals surface area (Å²) >= 11 is 0. The first kappa shape index (κ1) is 20.0. The van der Waals surface area contributed by atoms with E-state index in [9.17, 15) is 23.8 Å². The van der Waals surface area contributed by atoms with Crippen LogP contribution in [0.3, 0.4) is 0 Å². The number of halogens is 2. The number of hydrogen-bond donors (Lipinski definition) is 4. The number of hydrogen-bond acceptors (Lipinski definition) is 10. The van der Waals surface area contributed by atoms with Gasteiger partial charge >= 0.3 is 0 Å². The molecule has 30 heavy (non-hydrogen) atoms. The van der Waals surface area contributed by atoms with E-state index in [4.69, 9.17) is 4.74 Å². The average molecular weight is 425 g/mol. The van der Waals surface area contributed by atoms with Gasteiger partial charge in [0.25, 0.3) is 18.3 Å². The summed E-state index contributed by atoms with van der Waals surface area (Å²) in [5.74, 6) is -0.625. The lowest BCUT2D eigenvalue weighted by Gasteiger charge is -2.17. The Morgan fingerprint density at radius 3 is 2.80 bits per heavy atom. The van der Waals surface area contributed by atoms with Gasteiger partial charge in [-0.3, -0.25) is 9.36 Å². The third-order valence-corrected chi connectivity index (χ3v) is 4.48. The van der Waals surface area contributed by atoms with E-state index in [0.717, 1.165) is 0 Å². The molecule has 1 fully saturated rings. The van der Waals surface area contributed by atoms with Gasteiger partial charge in [-0.15, -0.1) is 5.10 Å². The number of amides is 1. The van der Waals surface area contributed by atoms with E-state index in [1.807, 2.05) is 0 Å². The van der Waals surface area contributed by atoms with Gasteiger partial charge in [0.2, 0.25) is 0 Å². The summed E-state index contributed by atoms with van der Waals surface area (Å²) in [6.07, 6.45) is -4.08. The number of ether oxygens (including phenoxy) is 1. The Kier molecular flexibility index (Phi) is 5.23. The van der Waals surface area contributed by atoms with Crippen molar-refractivity contribution in [2.75, 3.05) is 18.9 Å². The van der Waals surface area contributed by atoms with Gasteiger partial charge < -0.3 is 25.6 Å². The van der Waals surface area contributed by atoms with E-state index in [1.54, 1.807) is 0 Å². The summed E-state index contributed by atoms with van der Waals surface area (Å²) in [7, 11) is 1.36. The summed E-state index contributed by atoms with van der Waals surface area (Å²) in [4.78, 5) is 24.5. The van der Waals surface area contributed by atoms with Gasteiger partial charge in [-0.2, -0.15) is 14.6 Å². The molecule has 1 unspecified atom stereocenters. The van der Waals surface area contributed by atoms with Crippen LogP contribution in [0, 0.1) is 0 Å². The van der Waals surface area contributed by atoms with E-state index in [-0.39, 0.29) is 22.9 Å². The van der Waals surface area contributed by atoms with Crippen molar-refractivity contribution in [3.8, 4) is 5.95 Å². The topological polar surface area (TPSA) is 165 Å². The van der Waals surface area contributed by atoms with Crippen LogP contribution in [0.1, 0.15) is 6.23 Å². The van der Waals surface area contributed by atoms with Crippen molar-refractivity contribution in [3.05, 3.63) is 18.7 Å². The highest BCUT2D eigenvalue weighted by molar-refractivity contribution is 5.84. The van der Waals surface area contributed by atoms with Gasteiger partial charge in [0.1, 0.15) is 12.2 Å². The van der Waals surface area contributed by atoms with Crippen LogP contribution < -0.4 is 10.6 Å². The molecule has 0 aromatic carbocycles. The van der Waals surface area contributed by atoms with Crippen LogP contribution in [0.25, 0.3) is 17.1 Å². The number of aliphatic hydroxyl groups excluding tert-OH is 2. The molecular weight excluding hydrogens is 408 g/mol. The number of carbonyl (C=O) groups is 1. The molecule has 0 spiro atoms. The maximum atomic E-state index is 12.7. The Bertz CT molecular complexity index is 1040. The van der Waals surface area contributed by atoms with Gasteiger partial charge in [0, 0.05) is 7.05 Å². The number of alkyl halides is 2. The Hall–Kier alpha value is -3.30. The highest BCUT2D eigenvalue weighted by Crippen LogP contribution is 2.32. The zero-order chi connectivity index (χ0) is 21.4. The van der Waals surface area contributed by atoms with Crippen LogP contribution in [0.2, 0.25) is 0 Å². The second-order valence-electron chi connectivity index (χ2n) is 6.36. The normalized spacial score (nSPS) is 23.9. The van der Waals surface area contributed by atoms with E-state index in [0.29, 0.717) is 0 Å². The second kappa shape index (κ2) is 7.85. The molecule has 0 saturated carbocycles. The number of aliphatic hydroxyl groups is 2. The van der Waals surface area contributed by atoms with Crippen molar-refractivity contribution in [3.63, 3.8) is 0 Å². The van der Waals surface area contributed by atoms with Crippen molar-refractivity contribution in [2.45, 2.75) is 31.0 Å². The van der Waals surface area contributed by atoms with Crippen molar-refractivity contribution >= 4 is 22.9 Å². The van der Waals surface area contributed by atoms with E-state index in [1.165, 1.54) is 35.0 Å². The standard InChI is InChI=1S/C15H17F2N9O4/c1-18-13(29)10-8(27)9(28)14(30-10)25-5-20-7-11(19-4-6(16)17)22-15(23-12(7)25)26-3-2-21-24-26/h2-3,5-6,8-10,14,27-28H,4H2,1H3,(H,18,29)(H,19,22,23)/t8-,9+,10-,14?/m0/s1. The number of nitrogens with zero attached hydrogens (tertiary/aromatic N) is 7. The molecule has 1 amide bonds. The summed E-state index contributed by atoms with van der Waals surface area (Å²) in [6.45, 7) is -0.685. The zero-order valence-corrected chi connectivity index (χ0v) is 15.4. The number of carbonyl (C=O) groups excluding carboxylic acids is 1. The summed E-state index contributed by atoms with van der Waals surface area (Å²) < 4.78 is 33.4. The maximum absolute atomic E-state index is 12.7. The Labute approximate surface area is 166 Å². The second-order valence-corrected chi connectivity index (χ2v) is 6.36. The van der Waals surface area contributed by atoms with Crippen LogP contribution in [0.15, 0.2) is 18.7 Å². The lowest BCUT2D eigenvalue weighted by molar-refractivity contribution is -0.137. The van der Waals surface area contributed by atoms with Crippen LogP contribution in [0.5, 0.6) is 0 Å². The molecule has 0 radical (unpaired) electrons. The molecule has 1 saturated heterocycles. The Balaban J connectivity index is 1.79.